The number of hydrogen-bond acceptors (Lipinski definition) is 4. The maximum Gasteiger partial charge on any atom is 0.273 e. The van der Waals surface area contributed by atoms with Gasteiger partial charge in [-0.15, -0.1) is 0 Å². The predicted octanol–water partition coefficient (Wildman–Crippen LogP) is 2.61. The van der Waals surface area contributed by atoms with Crippen molar-refractivity contribution >= 4 is 17.5 Å². The van der Waals surface area contributed by atoms with E-state index in [-0.39, 0.29) is 5.91 Å². The minimum absolute atomic E-state index is 0.320. The van der Waals surface area contributed by atoms with Crippen molar-refractivity contribution in [1.82, 2.24) is 20.1 Å². The number of fused-ring (bicyclic) bond motifs is 3. The highest BCUT2D eigenvalue weighted by Gasteiger charge is 2.50. The van der Waals surface area contributed by atoms with Gasteiger partial charge in [-0.1, -0.05) is 11.6 Å². The molecule has 1 fully saturated rings. The number of aromatic nitrogens is 3. The molecule has 0 saturated heterocycles. The average Bonchev–Trinajstić information content (AvgIpc) is 3.03. The number of carbonyl (C=O) groups excluding carboxylic acids is 1. The lowest BCUT2D eigenvalue weighted by atomic mass is 10.1. The van der Waals surface area contributed by atoms with Crippen LogP contribution in [0.2, 0.25) is 5.02 Å². The number of pyridine rings is 1. The van der Waals surface area contributed by atoms with Gasteiger partial charge in [0, 0.05) is 28.8 Å². The summed E-state index contributed by atoms with van der Waals surface area (Å²) in [5.41, 5.74) is 1.49. The summed E-state index contributed by atoms with van der Waals surface area (Å²) in [4.78, 5) is 17.0. The molecule has 2 aliphatic rings. The summed E-state index contributed by atoms with van der Waals surface area (Å²) in [6.07, 6.45) is 3.61. The quantitative estimate of drug-likeness (QED) is 0.930. The lowest BCUT2D eigenvalue weighted by Gasteiger charge is -2.16. The van der Waals surface area contributed by atoms with Gasteiger partial charge in [0.25, 0.3) is 5.91 Å². The summed E-state index contributed by atoms with van der Waals surface area (Å²) in [5.74, 6) is 1.34. The molecule has 2 unspecified atom stereocenters. The van der Waals surface area contributed by atoms with Gasteiger partial charge in [-0.2, -0.15) is 10.4 Å². The van der Waals surface area contributed by atoms with E-state index in [2.05, 4.69) is 21.5 Å². The fourth-order valence-electron chi connectivity index (χ4n) is 3.35. The molecule has 2 aromatic rings. The van der Waals surface area contributed by atoms with Crippen LogP contribution >= 0.6 is 11.6 Å². The number of nitriles is 1. The van der Waals surface area contributed by atoms with Crippen LogP contribution in [0.25, 0.3) is 5.82 Å². The first-order valence-electron chi connectivity index (χ1n) is 7.87. The molecule has 0 spiro atoms. The minimum atomic E-state index is -0.941. The van der Waals surface area contributed by atoms with Crippen LogP contribution < -0.4 is 5.32 Å². The number of carbonyl (C=O) groups is 1. The van der Waals surface area contributed by atoms with Crippen molar-refractivity contribution in [3.05, 3.63) is 40.3 Å². The maximum absolute atomic E-state index is 12.6. The van der Waals surface area contributed by atoms with Crippen LogP contribution in [0.4, 0.5) is 0 Å². The van der Waals surface area contributed by atoms with Crippen molar-refractivity contribution in [3.8, 4) is 11.9 Å². The fourth-order valence-corrected chi connectivity index (χ4v) is 3.51. The first kappa shape index (κ1) is 15.2. The highest BCUT2D eigenvalue weighted by atomic mass is 35.5. The Morgan fingerprint density at radius 3 is 3.04 bits per heavy atom. The van der Waals surface area contributed by atoms with E-state index in [9.17, 15) is 4.79 Å². The lowest BCUT2D eigenvalue weighted by Crippen LogP contribution is -2.42. The Morgan fingerprint density at radius 2 is 2.33 bits per heavy atom. The molecule has 122 valence electrons. The van der Waals surface area contributed by atoms with Crippen LogP contribution in [-0.4, -0.2) is 26.2 Å². The molecule has 4 rings (SSSR count). The molecule has 1 N–H and O–H groups in total. The van der Waals surface area contributed by atoms with Gasteiger partial charge in [0.15, 0.2) is 11.5 Å². The Hall–Kier alpha value is -2.39. The van der Waals surface area contributed by atoms with Crippen molar-refractivity contribution in [3.63, 3.8) is 0 Å². The molecule has 0 aromatic carbocycles. The van der Waals surface area contributed by atoms with E-state index in [4.69, 9.17) is 16.9 Å². The van der Waals surface area contributed by atoms with Crippen molar-refractivity contribution in [2.75, 3.05) is 0 Å². The van der Waals surface area contributed by atoms with Crippen LogP contribution in [-0.2, 0) is 6.42 Å². The molecule has 1 saturated carbocycles. The standard InChI is InChI=1S/C17H16ClN5O/c1-17(2,8-19)21-16(24)14-12-6-9-5-11(9)15(12)23(22-14)13-7-10(18)3-4-20-13/h3-4,7,9,11H,5-6H2,1-2H3,(H,21,24). The van der Waals surface area contributed by atoms with Crippen LogP contribution in [0, 0.1) is 17.2 Å². The van der Waals surface area contributed by atoms with E-state index in [1.54, 1.807) is 36.9 Å². The Bertz CT molecular complexity index is 895. The summed E-state index contributed by atoms with van der Waals surface area (Å²) >= 11 is 6.07. The van der Waals surface area contributed by atoms with Gasteiger partial charge in [-0.05, 0) is 38.7 Å². The molecular weight excluding hydrogens is 326 g/mol. The normalized spacial score (nSPS) is 20.9. The summed E-state index contributed by atoms with van der Waals surface area (Å²) in [5, 5.41) is 17.0. The van der Waals surface area contributed by atoms with Gasteiger partial charge >= 0.3 is 0 Å². The molecule has 2 heterocycles. The van der Waals surface area contributed by atoms with E-state index in [0.29, 0.717) is 28.4 Å². The van der Waals surface area contributed by atoms with Crippen molar-refractivity contribution < 1.29 is 4.79 Å². The molecule has 7 heteroatoms. The SMILES string of the molecule is CC(C)(C#N)NC(=O)c1nn(-c2cc(Cl)ccn2)c2c1CC1CC21. The Morgan fingerprint density at radius 1 is 1.54 bits per heavy atom. The van der Waals surface area contributed by atoms with Gasteiger partial charge in [0.1, 0.15) is 5.54 Å². The zero-order chi connectivity index (χ0) is 17.1. The summed E-state index contributed by atoms with van der Waals surface area (Å²) in [6.45, 7) is 3.33. The largest absolute Gasteiger partial charge is 0.333 e. The molecule has 0 aliphatic heterocycles. The first-order valence-corrected chi connectivity index (χ1v) is 8.25. The van der Waals surface area contributed by atoms with Gasteiger partial charge < -0.3 is 5.32 Å². The van der Waals surface area contributed by atoms with Gasteiger partial charge in [0.05, 0.1) is 11.8 Å². The molecule has 2 aromatic heterocycles. The minimum Gasteiger partial charge on any atom is -0.333 e. The maximum atomic E-state index is 12.6. The Kier molecular flexibility index (Phi) is 3.19. The van der Waals surface area contributed by atoms with E-state index in [0.717, 1.165) is 24.1 Å². The first-order chi connectivity index (χ1) is 11.4. The van der Waals surface area contributed by atoms with Crippen LogP contribution in [0.5, 0.6) is 0 Å². The average molecular weight is 342 g/mol. The monoisotopic (exact) mass is 341 g/mol. The number of halogens is 1. The third-order valence-electron chi connectivity index (χ3n) is 4.61. The predicted molar refractivity (Wildman–Crippen MR) is 88.1 cm³/mol. The third kappa shape index (κ3) is 2.36. The molecule has 2 aliphatic carbocycles. The van der Waals surface area contributed by atoms with Crippen LogP contribution in [0.15, 0.2) is 18.3 Å². The molecule has 1 amide bonds. The lowest BCUT2D eigenvalue weighted by molar-refractivity contribution is 0.0922. The molecule has 0 radical (unpaired) electrons. The second kappa shape index (κ2) is 5.05. The third-order valence-corrected chi connectivity index (χ3v) is 4.84. The van der Waals surface area contributed by atoms with E-state index in [1.807, 2.05) is 0 Å². The topological polar surface area (TPSA) is 83.6 Å². The van der Waals surface area contributed by atoms with E-state index < -0.39 is 5.54 Å². The highest BCUT2D eigenvalue weighted by Crippen LogP contribution is 2.57. The van der Waals surface area contributed by atoms with Crippen molar-refractivity contribution in [2.45, 2.75) is 38.1 Å². The number of nitrogens with zero attached hydrogens (tertiary/aromatic N) is 4. The Labute approximate surface area is 144 Å². The number of amides is 1. The molecule has 0 bridgehead atoms. The number of rotatable bonds is 3. The van der Waals surface area contributed by atoms with Gasteiger partial charge in [-0.3, -0.25) is 4.79 Å². The molecule has 2 atom stereocenters. The zero-order valence-electron chi connectivity index (χ0n) is 13.4. The van der Waals surface area contributed by atoms with E-state index in [1.165, 1.54) is 0 Å². The van der Waals surface area contributed by atoms with E-state index >= 15 is 0 Å². The molecule has 24 heavy (non-hydrogen) atoms. The summed E-state index contributed by atoms with van der Waals surface area (Å²) in [6, 6.07) is 5.52. The number of nitrogens with one attached hydrogen (secondary N) is 1. The second-order valence-corrected chi connectivity index (χ2v) is 7.39. The fraction of sp³-hybridized carbons (Fsp3) is 0.412. The van der Waals surface area contributed by atoms with Crippen molar-refractivity contribution in [1.29, 1.82) is 5.26 Å². The van der Waals surface area contributed by atoms with Crippen LogP contribution in [0.3, 0.4) is 0 Å². The summed E-state index contributed by atoms with van der Waals surface area (Å²) < 4.78 is 1.74. The number of hydrogen-bond donors (Lipinski definition) is 1. The molecular formula is C17H16ClN5O. The second-order valence-electron chi connectivity index (χ2n) is 6.95. The van der Waals surface area contributed by atoms with Gasteiger partial charge in [-0.25, -0.2) is 9.67 Å². The van der Waals surface area contributed by atoms with Gasteiger partial charge in [0.2, 0.25) is 0 Å². The smallest absolute Gasteiger partial charge is 0.273 e. The Balaban J connectivity index is 1.78. The zero-order valence-corrected chi connectivity index (χ0v) is 14.1. The molecule has 6 nitrogen and oxygen atoms in total. The van der Waals surface area contributed by atoms with Crippen molar-refractivity contribution in [2.24, 2.45) is 5.92 Å². The highest BCUT2D eigenvalue weighted by molar-refractivity contribution is 6.30. The summed E-state index contributed by atoms with van der Waals surface area (Å²) in [7, 11) is 0. The van der Waals surface area contributed by atoms with Crippen LogP contribution in [0.1, 0.15) is 47.9 Å².